The molecule has 3 aromatic carbocycles. The molecular formula is C27H22ClN5O2. The van der Waals surface area contributed by atoms with Crippen LogP contribution in [-0.4, -0.2) is 25.7 Å². The van der Waals surface area contributed by atoms with Gasteiger partial charge in [-0.25, -0.2) is 4.98 Å². The van der Waals surface area contributed by atoms with Gasteiger partial charge in [0.15, 0.2) is 0 Å². The zero-order chi connectivity index (χ0) is 23.9. The number of rotatable bonds is 5. The number of halogens is 1. The summed E-state index contributed by atoms with van der Waals surface area (Å²) in [5, 5.41) is 8.42. The zero-order valence-corrected chi connectivity index (χ0v) is 19.7. The Labute approximate surface area is 206 Å². The van der Waals surface area contributed by atoms with Gasteiger partial charge in [0.05, 0.1) is 16.7 Å². The first-order valence-electron chi connectivity index (χ1n) is 11.4. The van der Waals surface area contributed by atoms with E-state index in [1.807, 2.05) is 79.7 Å². The summed E-state index contributed by atoms with van der Waals surface area (Å²) in [5.41, 5.74) is 5.56. The van der Waals surface area contributed by atoms with Gasteiger partial charge in [0, 0.05) is 28.5 Å². The van der Waals surface area contributed by atoms with Crippen LogP contribution in [0.3, 0.4) is 0 Å². The Bertz CT molecular complexity index is 1520. The highest BCUT2D eigenvalue weighted by Crippen LogP contribution is 2.40. The first kappa shape index (κ1) is 21.4. The minimum atomic E-state index is -0.116. The van der Waals surface area contributed by atoms with E-state index in [1.54, 1.807) is 4.68 Å². The summed E-state index contributed by atoms with van der Waals surface area (Å²) in [6.45, 7) is 2.35. The lowest BCUT2D eigenvalue weighted by molar-refractivity contribution is -0.116. The van der Waals surface area contributed by atoms with Crippen LogP contribution in [0.5, 0.6) is 5.75 Å². The van der Waals surface area contributed by atoms with Crippen LogP contribution in [0.15, 0.2) is 72.8 Å². The molecule has 174 valence electrons. The number of aryl methyl sites for hydroxylation is 1. The van der Waals surface area contributed by atoms with E-state index in [1.165, 1.54) is 0 Å². The third kappa shape index (κ3) is 3.94. The number of anilines is 1. The Kier molecular flexibility index (Phi) is 5.26. The standard InChI is InChI=1S/C27H22ClN5O2/c1-16-25-20(17-10-12-19(13-11-17)35-15-18-6-2-3-7-21(18)28)14-24(34)31-26(25)33(32-16)27-29-22-8-4-5-9-23(22)30-27/h2-13,20H,14-15H2,1H3,(H,29,30)(H,31,34)/t20-/m0/s1. The highest BCUT2D eigenvalue weighted by Gasteiger charge is 2.33. The quantitative estimate of drug-likeness (QED) is 0.332. The maximum Gasteiger partial charge on any atom is 0.231 e. The number of aromatic nitrogens is 4. The molecule has 6 rings (SSSR count). The predicted octanol–water partition coefficient (Wildman–Crippen LogP) is 5.76. The molecule has 2 aromatic heterocycles. The van der Waals surface area contributed by atoms with Crippen molar-refractivity contribution in [1.82, 2.24) is 19.7 Å². The second-order valence-electron chi connectivity index (χ2n) is 8.59. The van der Waals surface area contributed by atoms with E-state index in [0.717, 1.165) is 39.2 Å². The molecule has 0 spiro atoms. The molecule has 1 aliphatic rings. The van der Waals surface area contributed by atoms with Crippen molar-refractivity contribution in [2.24, 2.45) is 0 Å². The number of nitrogens with zero attached hydrogens (tertiary/aromatic N) is 3. The van der Waals surface area contributed by atoms with Crippen molar-refractivity contribution in [3.8, 4) is 11.7 Å². The normalized spacial score (nSPS) is 15.1. The molecule has 0 fully saturated rings. The van der Waals surface area contributed by atoms with Crippen molar-refractivity contribution in [3.05, 3.63) is 100 Å². The number of nitrogens with one attached hydrogen (secondary N) is 2. The number of hydrogen-bond acceptors (Lipinski definition) is 4. The molecule has 1 aliphatic heterocycles. The number of fused-ring (bicyclic) bond motifs is 2. The molecule has 0 aliphatic carbocycles. The average molecular weight is 484 g/mol. The Morgan fingerprint density at radius 3 is 2.63 bits per heavy atom. The van der Waals surface area contributed by atoms with Crippen molar-refractivity contribution in [2.45, 2.75) is 25.9 Å². The SMILES string of the molecule is Cc1nn(-c2nc3ccccc3[nH]2)c2c1[C@H](c1ccc(OCc3ccccc3Cl)cc1)CC(=O)N2. The third-order valence-electron chi connectivity index (χ3n) is 6.31. The lowest BCUT2D eigenvalue weighted by Gasteiger charge is -2.24. The van der Waals surface area contributed by atoms with Crippen molar-refractivity contribution in [1.29, 1.82) is 0 Å². The summed E-state index contributed by atoms with van der Waals surface area (Å²) < 4.78 is 7.62. The van der Waals surface area contributed by atoms with E-state index in [2.05, 4.69) is 15.3 Å². The van der Waals surface area contributed by atoms with Gasteiger partial charge in [-0.1, -0.05) is 54.1 Å². The van der Waals surface area contributed by atoms with Crippen LogP contribution < -0.4 is 10.1 Å². The second kappa shape index (κ2) is 8.60. The minimum absolute atomic E-state index is 0.0567. The molecule has 5 aromatic rings. The number of imidazole rings is 1. The monoisotopic (exact) mass is 483 g/mol. The van der Waals surface area contributed by atoms with Crippen molar-refractivity contribution >= 4 is 34.4 Å². The molecule has 0 saturated carbocycles. The maximum absolute atomic E-state index is 12.7. The highest BCUT2D eigenvalue weighted by molar-refractivity contribution is 6.31. The van der Waals surface area contributed by atoms with Crippen molar-refractivity contribution in [3.63, 3.8) is 0 Å². The maximum atomic E-state index is 12.7. The summed E-state index contributed by atoms with van der Waals surface area (Å²) >= 11 is 6.23. The number of para-hydroxylation sites is 2. The van der Waals surface area contributed by atoms with Crippen LogP contribution in [0.25, 0.3) is 17.0 Å². The second-order valence-corrected chi connectivity index (χ2v) is 9.00. The van der Waals surface area contributed by atoms with Gasteiger partial charge in [0.2, 0.25) is 11.9 Å². The first-order valence-corrected chi connectivity index (χ1v) is 11.8. The molecule has 2 N–H and O–H groups in total. The molecule has 35 heavy (non-hydrogen) atoms. The largest absolute Gasteiger partial charge is 0.489 e. The topological polar surface area (TPSA) is 84.8 Å². The van der Waals surface area contributed by atoms with Gasteiger partial charge in [0.25, 0.3) is 0 Å². The van der Waals surface area contributed by atoms with E-state index in [0.29, 0.717) is 29.8 Å². The Hall–Kier alpha value is -4.10. The minimum Gasteiger partial charge on any atom is -0.489 e. The molecule has 0 radical (unpaired) electrons. The van der Waals surface area contributed by atoms with Gasteiger partial charge < -0.3 is 15.0 Å². The van der Waals surface area contributed by atoms with E-state index >= 15 is 0 Å². The summed E-state index contributed by atoms with van der Waals surface area (Å²) in [6, 6.07) is 23.3. The summed E-state index contributed by atoms with van der Waals surface area (Å²) in [5.74, 6) is 1.79. The summed E-state index contributed by atoms with van der Waals surface area (Å²) in [7, 11) is 0. The molecule has 8 heteroatoms. The Balaban J connectivity index is 1.30. The fourth-order valence-corrected chi connectivity index (χ4v) is 4.79. The lowest BCUT2D eigenvalue weighted by Crippen LogP contribution is -2.25. The van der Waals surface area contributed by atoms with E-state index in [9.17, 15) is 4.79 Å². The fourth-order valence-electron chi connectivity index (χ4n) is 4.60. The van der Waals surface area contributed by atoms with Gasteiger partial charge in [-0.05, 0) is 42.8 Å². The molecular weight excluding hydrogens is 462 g/mol. The fraction of sp³-hybridized carbons (Fsp3) is 0.148. The number of carbonyl (C=O) groups excluding carboxylic acids is 1. The smallest absolute Gasteiger partial charge is 0.231 e. The van der Waals surface area contributed by atoms with Crippen LogP contribution in [0, 0.1) is 6.92 Å². The molecule has 0 unspecified atom stereocenters. The van der Waals surface area contributed by atoms with Crippen LogP contribution in [-0.2, 0) is 11.4 Å². The molecule has 7 nitrogen and oxygen atoms in total. The highest BCUT2D eigenvalue weighted by atomic mass is 35.5. The van der Waals surface area contributed by atoms with Crippen LogP contribution in [0.1, 0.15) is 34.7 Å². The van der Waals surface area contributed by atoms with Crippen molar-refractivity contribution in [2.75, 3.05) is 5.32 Å². The summed E-state index contributed by atoms with van der Waals surface area (Å²) in [6.07, 6.45) is 0.347. The van der Waals surface area contributed by atoms with Crippen LogP contribution in [0.4, 0.5) is 5.82 Å². The van der Waals surface area contributed by atoms with Gasteiger partial charge in [-0.15, -0.1) is 0 Å². The number of carbonyl (C=O) groups is 1. The molecule has 0 bridgehead atoms. The number of hydrogen-bond donors (Lipinski definition) is 2. The molecule has 3 heterocycles. The number of ether oxygens (including phenoxy) is 1. The van der Waals surface area contributed by atoms with Crippen LogP contribution >= 0.6 is 11.6 Å². The summed E-state index contributed by atoms with van der Waals surface area (Å²) in [4.78, 5) is 20.7. The zero-order valence-electron chi connectivity index (χ0n) is 19.0. The number of amides is 1. The first-order chi connectivity index (χ1) is 17.1. The lowest BCUT2D eigenvalue weighted by atomic mass is 9.86. The van der Waals surface area contributed by atoms with Crippen LogP contribution in [0.2, 0.25) is 5.02 Å². The number of benzene rings is 3. The molecule has 1 atom stereocenters. The van der Waals surface area contributed by atoms with E-state index in [-0.39, 0.29) is 11.8 Å². The third-order valence-corrected chi connectivity index (χ3v) is 6.68. The molecule has 1 amide bonds. The van der Waals surface area contributed by atoms with Gasteiger partial charge in [-0.2, -0.15) is 9.78 Å². The number of H-pyrrole nitrogens is 1. The average Bonchev–Trinajstić information content (AvgIpc) is 3.44. The van der Waals surface area contributed by atoms with Gasteiger partial charge in [-0.3, -0.25) is 4.79 Å². The number of aromatic amines is 1. The Morgan fingerprint density at radius 2 is 1.83 bits per heavy atom. The van der Waals surface area contributed by atoms with E-state index < -0.39 is 0 Å². The Morgan fingerprint density at radius 1 is 1.06 bits per heavy atom. The van der Waals surface area contributed by atoms with Crippen molar-refractivity contribution < 1.29 is 9.53 Å². The predicted molar refractivity (Wildman–Crippen MR) is 135 cm³/mol. The van der Waals surface area contributed by atoms with Gasteiger partial charge >= 0.3 is 0 Å². The van der Waals surface area contributed by atoms with E-state index in [4.69, 9.17) is 21.4 Å². The van der Waals surface area contributed by atoms with Gasteiger partial charge in [0.1, 0.15) is 18.2 Å². The molecule has 0 saturated heterocycles.